The van der Waals surface area contributed by atoms with Gasteiger partial charge in [-0.1, -0.05) is 48.5 Å². The number of hydrazone groups is 1. The van der Waals surface area contributed by atoms with Crippen LogP contribution in [0.3, 0.4) is 0 Å². The van der Waals surface area contributed by atoms with Crippen LogP contribution in [0.15, 0.2) is 76.3 Å². The molecule has 1 heterocycles. The highest BCUT2D eigenvalue weighted by atomic mass is 79.9. The Hall–Kier alpha value is -3.25. The van der Waals surface area contributed by atoms with Gasteiger partial charge in [0, 0.05) is 11.8 Å². The quantitative estimate of drug-likeness (QED) is 0.444. The van der Waals surface area contributed by atoms with Crippen LogP contribution in [0.4, 0.5) is 0 Å². The fraction of sp³-hybridized carbons (Fsp3) is 0.160. The summed E-state index contributed by atoms with van der Waals surface area (Å²) in [7, 11) is 0. The summed E-state index contributed by atoms with van der Waals surface area (Å²) < 4.78 is 0.521. The van der Waals surface area contributed by atoms with Gasteiger partial charge < -0.3 is 5.11 Å². The third-order valence-electron chi connectivity index (χ3n) is 6.72. The van der Waals surface area contributed by atoms with Crippen LogP contribution in [0.1, 0.15) is 39.7 Å². The van der Waals surface area contributed by atoms with Crippen LogP contribution in [-0.4, -0.2) is 28.1 Å². The highest BCUT2D eigenvalue weighted by molar-refractivity contribution is 9.10. The minimum absolute atomic E-state index is 0.114. The molecule has 2 bridgehead atoms. The number of nitrogens with zero attached hydrogens (tertiary/aromatic N) is 2. The summed E-state index contributed by atoms with van der Waals surface area (Å²) in [6, 6.07) is 21.2. The highest BCUT2D eigenvalue weighted by Gasteiger charge is 2.61. The predicted octanol–water partition coefficient (Wildman–Crippen LogP) is 4.38. The van der Waals surface area contributed by atoms with E-state index in [0.717, 1.165) is 27.3 Å². The molecule has 3 aromatic carbocycles. The lowest BCUT2D eigenvalue weighted by Gasteiger charge is -2.45. The number of halogens is 1. The normalized spacial score (nSPS) is 25.6. The predicted molar refractivity (Wildman–Crippen MR) is 119 cm³/mol. The van der Waals surface area contributed by atoms with Crippen molar-refractivity contribution in [1.82, 2.24) is 5.01 Å². The summed E-state index contributed by atoms with van der Waals surface area (Å²) >= 11 is 3.27. The smallest absolute Gasteiger partial charge is 0.254 e. The molecule has 0 spiro atoms. The maximum Gasteiger partial charge on any atom is 0.254 e. The zero-order valence-corrected chi connectivity index (χ0v) is 17.9. The fourth-order valence-electron chi connectivity index (χ4n) is 5.50. The molecule has 3 aliphatic carbocycles. The minimum atomic E-state index is -0.439. The molecule has 4 aliphatic rings. The van der Waals surface area contributed by atoms with Crippen LogP contribution in [0.5, 0.6) is 5.75 Å². The lowest BCUT2D eigenvalue weighted by molar-refractivity contribution is -0.139. The first-order chi connectivity index (χ1) is 15.1. The summed E-state index contributed by atoms with van der Waals surface area (Å²) in [6.07, 6.45) is 1.49. The molecule has 1 N–H and O–H groups in total. The van der Waals surface area contributed by atoms with Gasteiger partial charge >= 0.3 is 0 Å². The molecule has 2 amide bonds. The third-order valence-corrected chi connectivity index (χ3v) is 7.35. The molecule has 6 heteroatoms. The number of amides is 2. The average Bonchev–Trinajstić information content (AvgIpc) is 3.05. The van der Waals surface area contributed by atoms with E-state index in [2.05, 4.69) is 45.3 Å². The van der Waals surface area contributed by atoms with Crippen LogP contribution >= 0.6 is 15.9 Å². The molecular formula is C25H17BrN2O3. The zero-order chi connectivity index (χ0) is 21.3. The Morgan fingerprint density at radius 3 is 1.74 bits per heavy atom. The van der Waals surface area contributed by atoms with Gasteiger partial charge in [-0.2, -0.15) is 10.1 Å². The van der Waals surface area contributed by atoms with Crippen molar-refractivity contribution in [2.24, 2.45) is 16.9 Å². The van der Waals surface area contributed by atoms with E-state index in [-0.39, 0.29) is 29.4 Å². The van der Waals surface area contributed by atoms with Gasteiger partial charge in [0.15, 0.2) is 0 Å². The van der Waals surface area contributed by atoms with E-state index in [1.807, 2.05) is 24.3 Å². The lowest BCUT2D eigenvalue weighted by atomic mass is 9.55. The van der Waals surface area contributed by atoms with Gasteiger partial charge in [0.2, 0.25) is 0 Å². The van der Waals surface area contributed by atoms with E-state index < -0.39 is 11.8 Å². The first kappa shape index (κ1) is 18.5. The Morgan fingerprint density at radius 2 is 1.29 bits per heavy atom. The molecule has 0 aromatic heterocycles. The summed E-state index contributed by atoms with van der Waals surface area (Å²) in [6.45, 7) is 0. The van der Waals surface area contributed by atoms with Gasteiger partial charge in [-0.05, 0) is 61.9 Å². The molecule has 152 valence electrons. The van der Waals surface area contributed by atoms with Crippen LogP contribution in [-0.2, 0) is 9.59 Å². The van der Waals surface area contributed by atoms with Crippen molar-refractivity contribution in [3.63, 3.8) is 0 Å². The number of phenols is 1. The molecule has 1 saturated heterocycles. The van der Waals surface area contributed by atoms with Crippen LogP contribution in [0.2, 0.25) is 0 Å². The van der Waals surface area contributed by atoms with Gasteiger partial charge in [0.25, 0.3) is 11.8 Å². The first-order valence-corrected chi connectivity index (χ1v) is 10.9. The number of rotatable bonds is 2. The number of carbonyl (C=O) groups excluding carboxylic acids is 2. The second-order valence-electron chi connectivity index (χ2n) is 8.21. The number of carbonyl (C=O) groups is 2. The van der Waals surface area contributed by atoms with E-state index in [9.17, 15) is 14.7 Å². The minimum Gasteiger partial charge on any atom is -0.507 e. The molecule has 7 rings (SSSR count). The molecule has 31 heavy (non-hydrogen) atoms. The summed E-state index contributed by atoms with van der Waals surface area (Å²) in [5.74, 6) is -1.53. The molecule has 0 saturated carbocycles. The van der Waals surface area contributed by atoms with Crippen molar-refractivity contribution in [3.8, 4) is 5.75 Å². The Labute approximate surface area is 187 Å². The number of imide groups is 1. The third kappa shape index (κ3) is 2.51. The Balaban J connectivity index is 1.44. The van der Waals surface area contributed by atoms with E-state index in [1.165, 1.54) is 12.3 Å². The molecule has 1 aliphatic heterocycles. The molecule has 2 atom stereocenters. The summed E-state index contributed by atoms with van der Waals surface area (Å²) in [4.78, 5) is 26.9. The first-order valence-electron chi connectivity index (χ1n) is 10.1. The van der Waals surface area contributed by atoms with E-state index in [4.69, 9.17) is 0 Å². The van der Waals surface area contributed by atoms with Gasteiger partial charge in [0.1, 0.15) is 5.75 Å². The van der Waals surface area contributed by atoms with Gasteiger partial charge in [0.05, 0.1) is 22.5 Å². The summed E-state index contributed by atoms with van der Waals surface area (Å²) in [5, 5.41) is 15.0. The van der Waals surface area contributed by atoms with Gasteiger partial charge in [-0.25, -0.2) is 0 Å². The number of aromatic hydroxyl groups is 1. The number of hydrogen-bond donors (Lipinski definition) is 1. The Bertz CT molecular complexity index is 1190. The maximum absolute atomic E-state index is 13.4. The average molecular weight is 473 g/mol. The van der Waals surface area contributed by atoms with Crippen LogP contribution in [0, 0.1) is 11.8 Å². The topological polar surface area (TPSA) is 70.0 Å². The Morgan fingerprint density at radius 1 is 0.806 bits per heavy atom. The largest absolute Gasteiger partial charge is 0.507 e. The second-order valence-corrected chi connectivity index (χ2v) is 9.06. The fourth-order valence-corrected chi connectivity index (χ4v) is 5.90. The zero-order valence-electron chi connectivity index (χ0n) is 16.3. The molecule has 3 aromatic rings. The Kier molecular flexibility index (Phi) is 3.96. The van der Waals surface area contributed by atoms with E-state index in [1.54, 1.807) is 12.1 Å². The number of phenolic OH excluding ortho intramolecular Hbond substituents is 1. The van der Waals surface area contributed by atoms with E-state index >= 15 is 0 Å². The van der Waals surface area contributed by atoms with Crippen molar-refractivity contribution >= 4 is 34.0 Å². The molecule has 5 nitrogen and oxygen atoms in total. The lowest BCUT2D eigenvalue weighted by Crippen LogP contribution is -2.41. The molecule has 1 fully saturated rings. The summed E-state index contributed by atoms with van der Waals surface area (Å²) in [5.41, 5.74) is 5.24. The standard InChI is InChI=1S/C25H17BrN2O3/c26-18-11-13(9-10-19(18)29)12-27-28-24(30)22-20-14-5-1-2-6-15(14)21(23(22)25(28)31)17-8-4-3-7-16(17)20/h1-12,20-23,29H/b27-12-/t20?,21?,22-,23+. The SMILES string of the molecule is O=C1[C@@H]2C3c4ccccc4C(c4ccccc43)[C@@H]2C(=O)N1/N=C\c1ccc(O)c(Br)c1. The van der Waals surface area contributed by atoms with Gasteiger partial charge in [-0.3, -0.25) is 9.59 Å². The van der Waals surface area contributed by atoms with E-state index in [0.29, 0.717) is 10.0 Å². The second kappa shape index (κ2) is 6.62. The maximum atomic E-state index is 13.4. The monoisotopic (exact) mass is 472 g/mol. The van der Waals surface area contributed by atoms with Crippen molar-refractivity contribution in [3.05, 3.63) is 99.0 Å². The van der Waals surface area contributed by atoms with Crippen molar-refractivity contribution in [2.45, 2.75) is 11.8 Å². The van der Waals surface area contributed by atoms with Crippen molar-refractivity contribution < 1.29 is 14.7 Å². The molecule has 0 radical (unpaired) electrons. The van der Waals surface area contributed by atoms with Crippen LogP contribution in [0.25, 0.3) is 0 Å². The number of hydrogen-bond acceptors (Lipinski definition) is 4. The van der Waals surface area contributed by atoms with Crippen molar-refractivity contribution in [1.29, 1.82) is 0 Å². The molecular weight excluding hydrogens is 456 g/mol. The van der Waals surface area contributed by atoms with Crippen LogP contribution < -0.4 is 0 Å². The highest BCUT2D eigenvalue weighted by Crippen LogP contribution is 2.60. The number of benzene rings is 3. The van der Waals surface area contributed by atoms with Crippen molar-refractivity contribution in [2.75, 3.05) is 0 Å². The van der Waals surface area contributed by atoms with Gasteiger partial charge in [-0.15, -0.1) is 0 Å². The molecule has 0 unspecified atom stereocenters.